The molecule has 2 aromatic carbocycles. The minimum Gasteiger partial charge on any atom is -0.497 e. The van der Waals surface area contributed by atoms with Crippen molar-refractivity contribution >= 4 is 5.97 Å². The van der Waals surface area contributed by atoms with Gasteiger partial charge in [0, 0.05) is 12.0 Å². The molecule has 0 N–H and O–H groups in total. The van der Waals surface area contributed by atoms with Crippen LogP contribution in [0.1, 0.15) is 66.3 Å². The van der Waals surface area contributed by atoms with E-state index in [2.05, 4.69) is 29.4 Å². The van der Waals surface area contributed by atoms with E-state index in [9.17, 15) is 9.18 Å². The van der Waals surface area contributed by atoms with Gasteiger partial charge in [-0.15, -0.1) is 0 Å². The van der Waals surface area contributed by atoms with Crippen LogP contribution in [-0.2, 0) is 22.4 Å². The highest BCUT2D eigenvalue weighted by molar-refractivity contribution is 5.70. The smallest absolute Gasteiger partial charge is 0.306 e. The van der Waals surface area contributed by atoms with Gasteiger partial charge in [-0.1, -0.05) is 24.3 Å². The second-order valence-electron chi connectivity index (χ2n) is 9.53. The molecule has 0 aliphatic heterocycles. The lowest BCUT2D eigenvalue weighted by Crippen LogP contribution is -2.11. The second kappa shape index (κ2) is 9.61. The fourth-order valence-electron chi connectivity index (χ4n) is 4.93. The average molecular weight is 463 g/mol. The first-order valence-electron chi connectivity index (χ1n) is 12.1. The Balaban J connectivity index is 1.36. The van der Waals surface area contributed by atoms with Crippen LogP contribution in [0.4, 0.5) is 4.39 Å². The minimum atomic E-state index is -0.304. The van der Waals surface area contributed by atoms with Gasteiger partial charge in [-0.3, -0.25) is 4.79 Å². The molecule has 1 unspecified atom stereocenters. The molecule has 0 bridgehead atoms. The first kappa shape index (κ1) is 22.6. The number of hydrogen-bond donors (Lipinski definition) is 0. The van der Waals surface area contributed by atoms with Crippen molar-refractivity contribution in [1.29, 1.82) is 0 Å². The fraction of sp³-hybridized carbons (Fsp3) is 0.429. The molecule has 0 saturated heterocycles. The number of nitrogens with zero attached hydrogens (tertiary/aromatic N) is 2. The first-order chi connectivity index (χ1) is 16.6. The molecule has 1 aromatic heterocycles. The van der Waals surface area contributed by atoms with Crippen LogP contribution in [-0.4, -0.2) is 30.0 Å². The van der Waals surface area contributed by atoms with Gasteiger partial charge in [0.05, 0.1) is 32.5 Å². The molecule has 0 radical (unpaired) electrons. The van der Waals surface area contributed by atoms with Gasteiger partial charge in [0.25, 0.3) is 0 Å². The lowest BCUT2D eigenvalue weighted by Gasteiger charge is -2.16. The number of ether oxygens (including phenoxy) is 2. The molecule has 1 heterocycles. The number of carbonyl (C=O) groups is 1. The third-order valence-corrected chi connectivity index (χ3v) is 7.10. The summed E-state index contributed by atoms with van der Waals surface area (Å²) in [6.45, 7) is 0. The first-order valence-corrected chi connectivity index (χ1v) is 12.1. The summed E-state index contributed by atoms with van der Waals surface area (Å²) >= 11 is 0. The van der Waals surface area contributed by atoms with Gasteiger partial charge in [-0.05, 0) is 79.2 Å². The van der Waals surface area contributed by atoms with E-state index < -0.39 is 0 Å². The maximum absolute atomic E-state index is 14.7. The zero-order valence-corrected chi connectivity index (χ0v) is 19.8. The summed E-state index contributed by atoms with van der Waals surface area (Å²) in [6, 6.07) is 13.4. The Hall–Kier alpha value is -3.15. The molecule has 2 aliphatic rings. The fourth-order valence-corrected chi connectivity index (χ4v) is 4.93. The van der Waals surface area contributed by atoms with E-state index in [1.165, 1.54) is 42.7 Å². The van der Waals surface area contributed by atoms with E-state index in [1.807, 2.05) is 6.20 Å². The maximum Gasteiger partial charge on any atom is 0.306 e. The van der Waals surface area contributed by atoms with Gasteiger partial charge in [-0.2, -0.15) is 5.10 Å². The predicted molar refractivity (Wildman–Crippen MR) is 128 cm³/mol. The second-order valence-corrected chi connectivity index (χ2v) is 9.53. The number of rotatable bonds is 10. The van der Waals surface area contributed by atoms with E-state index >= 15 is 0 Å². The number of aryl methyl sites for hydroxylation is 2. The Morgan fingerprint density at radius 3 is 2.65 bits per heavy atom. The van der Waals surface area contributed by atoms with Crippen molar-refractivity contribution in [3.05, 3.63) is 76.9 Å². The summed E-state index contributed by atoms with van der Waals surface area (Å²) in [5, 5.41) is 4.59. The summed E-state index contributed by atoms with van der Waals surface area (Å²) in [5.41, 5.74) is 5.19. The Bertz CT molecular complexity index is 1180. The van der Waals surface area contributed by atoms with E-state index in [0.717, 1.165) is 31.4 Å². The highest BCUT2D eigenvalue weighted by atomic mass is 19.1. The van der Waals surface area contributed by atoms with Crippen molar-refractivity contribution in [3.63, 3.8) is 0 Å². The Kier molecular flexibility index (Phi) is 6.40. The van der Waals surface area contributed by atoms with Crippen molar-refractivity contribution in [3.8, 4) is 11.4 Å². The van der Waals surface area contributed by atoms with Gasteiger partial charge >= 0.3 is 5.97 Å². The van der Waals surface area contributed by atoms with Gasteiger partial charge < -0.3 is 9.47 Å². The molecule has 5 rings (SSSR count). The van der Waals surface area contributed by atoms with E-state index in [4.69, 9.17) is 9.47 Å². The van der Waals surface area contributed by atoms with Gasteiger partial charge in [-0.25, -0.2) is 9.07 Å². The lowest BCUT2D eigenvalue weighted by atomic mass is 9.89. The SMILES string of the molecule is COC(=O)CC(c1cccc(CCc2cnn(-c3cc(OC)ccc3F)c2C2CC2)c1)C1CC1. The van der Waals surface area contributed by atoms with E-state index in [-0.39, 0.29) is 17.7 Å². The molecule has 5 nitrogen and oxygen atoms in total. The molecule has 6 heteroatoms. The van der Waals surface area contributed by atoms with Crippen LogP contribution in [0.25, 0.3) is 5.69 Å². The van der Waals surface area contributed by atoms with Crippen LogP contribution in [0.5, 0.6) is 5.75 Å². The van der Waals surface area contributed by atoms with E-state index in [0.29, 0.717) is 29.7 Å². The zero-order valence-electron chi connectivity index (χ0n) is 19.8. The molecule has 178 valence electrons. The lowest BCUT2D eigenvalue weighted by molar-refractivity contribution is -0.141. The molecule has 3 aromatic rings. The molecular weight excluding hydrogens is 431 g/mol. The third kappa shape index (κ3) is 4.86. The largest absolute Gasteiger partial charge is 0.497 e. The van der Waals surface area contributed by atoms with Crippen molar-refractivity contribution in [1.82, 2.24) is 9.78 Å². The quantitative estimate of drug-likeness (QED) is 0.361. The highest BCUT2D eigenvalue weighted by Crippen LogP contribution is 2.45. The summed E-state index contributed by atoms with van der Waals surface area (Å²) in [7, 11) is 3.04. The molecule has 1 atom stereocenters. The van der Waals surface area contributed by atoms with Crippen LogP contribution in [0.2, 0.25) is 0 Å². The topological polar surface area (TPSA) is 53.3 Å². The number of benzene rings is 2. The van der Waals surface area contributed by atoms with Crippen LogP contribution < -0.4 is 4.74 Å². The predicted octanol–water partition coefficient (Wildman–Crippen LogP) is 5.74. The van der Waals surface area contributed by atoms with Crippen molar-refractivity contribution in [2.45, 2.75) is 56.8 Å². The van der Waals surface area contributed by atoms with Gasteiger partial charge in [0.1, 0.15) is 17.3 Å². The average Bonchev–Trinajstić information content (AvgIpc) is 3.80. The Morgan fingerprint density at radius 2 is 1.94 bits per heavy atom. The molecule has 2 aliphatic carbocycles. The van der Waals surface area contributed by atoms with Crippen molar-refractivity contribution < 1.29 is 18.7 Å². The normalized spacial score (nSPS) is 16.3. The summed E-state index contributed by atoms with van der Waals surface area (Å²) in [4.78, 5) is 11.9. The number of hydrogen-bond acceptors (Lipinski definition) is 4. The monoisotopic (exact) mass is 462 g/mol. The van der Waals surface area contributed by atoms with Crippen LogP contribution in [0.15, 0.2) is 48.7 Å². The molecule has 2 saturated carbocycles. The minimum absolute atomic E-state index is 0.145. The summed E-state index contributed by atoms with van der Waals surface area (Å²) < 4.78 is 26.7. The number of carbonyl (C=O) groups excluding carboxylic acids is 1. The highest BCUT2D eigenvalue weighted by Gasteiger charge is 2.34. The Morgan fingerprint density at radius 1 is 1.12 bits per heavy atom. The number of methoxy groups -OCH3 is 2. The van der Waals surface area contributed by atoms with Crippen LogP contribution >= 0.6 is 0 Å². The standard InChI is InChI=1S/C28H31FN2O3/c1-33-23-12-13-25(29)26(15-23)31-28(20-10-11-20)22(17-30-31)7-6-18-4-3-5-21(14-18)24(19-8-9-19)16-27(32)34-2/h3-5,12-15,17,19-20,24H,6-11,16H2,1-2H3. The summed E-state index contributed by atoms with van der Waals surface area (Å²) in [5.74, 6) is 1.40. The molecule has 34 heavy (non-hydrogen) atoms. The molecule has 0 amide bonds. The van der Waals surface area contributed by atoms with E-state index in [1.54, 1.807) is 23.9 Å². The molecule has 2 fully saturated rings. The third-order valence-electron chi connectivity index (χ3n) is 7.10. The number of halogens is 1. The number of aromatic nitrogens is 2. The van der Waals surface area contributed by atoms with Crippen LogP contribution in [0.3, 0.4) is 0 Å². The van der Waals surface area contributed by atoms with Gasteiger partial charge in [0.2, 0.25) is 0 Å². The molecule has 0 spiro atoms. The zero-order chi connectivity index (χ0) is 23.7. The van der Waals surface area contributed by atoms with Crippen molar-refractivity contribution in [2.24, 2.45) is 5.92 Å². The maximum atomic E-state index is 14.7. The van der Waals surface area contributed by atoms with Crippen LogP contribution in [0, 0.1) is 11.7 Å². The molecular formula is C28H31FN2O3. The van der Waals surface area contributed by atoms with Crippen molar-refractivity contribution in [2.75, 3.05) is 14.2 Å². The summed E-state index contributed by atoms with van der Waals surface area (Å²) in [6.07, 6.45) is 8.61. The van der Waals surface area contributed by atoms with Gasteiger partial charge in [0.15, 0.2) is 0 Å². The number of esters is 1. The Labute approximate surface area is 199 Å².